The number of fused-ring (bicyclic) bond motifs is 10. The number of benzene rings is 9. The highest BCUT2D eigenvalue weighted by Crippen LogP contribution is 2.56. The number of rotatable bonds is 6. The van der Waals surface area contributed by atoms with Gasteiger partial charge >= 0.3 is 6.85 Å². The molecule has 5 aliphatic rings. The molecule has 10 aromatic rings. The Labute approximate surface area is 556 Å². The minimum atomic E-state index is -0.232. The van der Waals surface area contributed by atoms with Crippen LogP contribution in [0.25, 0.3) is 44.2 Å². The highest BCUT2D eigenvalue weighted by Gasteiger charge is 2.49. The van der Waals surface area contributed by atoms with Crippen LogP contribution in [0.1, 0.15) is 219 Å². The van der Waals surface area contributed by atoms with Crippen molar-refractivity contribution in [2.24, 2.45) is 0 Å². The van der Waals surface area contributed by atoms with E-state index < -0.39 is 0 Å². The summed E-state index contributed by atoms with van der Waals surface area (Å²) < 4.78 is 7.40. The van der Waals surface area contributed by atoms with Crippen molar-refractivity contribution in [3.8, 4) is 22.3 Å². The molecule has 0 unspecified atom stereocenters. The molecule has 1 aromatic heterocycles. The Balaban J connectivity index is 1.08. The molecule has 4 nitrogen and oxygen atoms in total. The first kappa shape index (κ1) is 61.4. The topological polar surface area (TPSA) is 22.9 Å². The Bertz CT molecular complexity index is 4680. The molecule has 0 bridgehead atoms. The van der Waals surface area contributed by atoms with Crippen LogP contribution in [0, 0.1) is 13.8 Å². The summed E-state index contributed by atoms with van der Waals surface area (Å²) in [6.07, 6.45) is 6.87. The summed E-state index contributed by atoms with van der Waals surface area (Å²) in [6, 6.07) is 63.2. The molecule has 0 amide bonds. The molecule has 93 heavy (non-hydrogen) atoms. The Morgan fingerprint density at radius 2 is 0.882 bits per heavy atom. The summed E-state index contributed by atoms with van der Waals surface area (Å²) >= 11 is 0. The van der Waals surface area contributed by atoms with Crippen molar-refractivity contribution in [2.45, 2.75) is 220 Å². The minimum absolute atomic E-state index is 0.00733. The standard InChI is InChI=1S/C88H98BN3O/c1-53-23-21-22-24-62(53)55-44-66-63-46-60(90(58-29-25-56(26-30-58)81(3,4)5)59-31-27-57(28-32-59)82(6,7)8)34-36-74(63)92(61-33-35-67-69(47-61)85(13,14)38-37-83(67,9)10)89-73-49-65-64-48-70-72(88(19,20)42-40-86(70,15)16)51-78(64)93-79(65)52-76(73)91(77(45-55)80(66)89)75-50-71-68(43-54(75)2)84(11,12)39-41-87(71,17)18/h21-36,43-52H,37-42H2,1-20H3. The molecule has 15 rings (SSSR count). The monoisotopic (exact) mass is 1220 g/mol. The third-order valence-electron chi connectivity index (χ3n) is 23.8. The second kappa shape index (κ2) is 20.4. The van der Waals surface area contributed by atoms with E-state index in [-0.39, 0.29) is 50.2 Å². The number of furan rings is 1. The molecule has 0 radical (unpaired) electrons. The molecule has 0 saturated heterocycles. The van der Waals surface area contributed by atoms with Crippen molar-refractivity contribution in [3.05, 3.63) is 213 Å². The molecule has 5 heteroatoms. The van der Waals surface area contributed by atoms with Gasteiger partial charge in [0, 0.05) is 67.9 Å². The smallest absolute Gasteiger partial charge is 0.333 e. The predicted molar refractivity (Wildman–Crippen MR) is 400 cm³/mol. The number of hydrogen-bond acceptors (Lipinski definition) is 4. The van der Waals surface area contributed by atoms with Gasteiger partial charge in [0.1, 0.15) is 11.2 Å². The van der Waals surface area contributed by atoms with Crippen molar-refractivity contribution in [1.82, 2.24) is 0 Å². The maximum atomic E-state index is 7.40. The number of aryl methyl sites for hydroxylation is 2. The van der Waals surface area contributed by atoms with Gasteiger partial charge in [0.25, 0.3) is 0 Å². The molecule has 3 heterocycles. The van der Waals surface area contributed by atoms with E-state index >= 15 is 0 Å². The van der Waals surface area contributed by atoms with Crippen LogP contribution in [0.15, 0.2) is 162 Å². The zero-order valence-corrected chi connectivity index (χ0v) is 59.6. The number of nitrogens with zero attached hydrogens (tertiary/aromatic N) is 3. The van der Waals surface area contributed by atoms with Gasteiger partial charge in [-0.3, -0.25) is 0 Å². The van der Waals surface area contributed by atoms with Crippen molar-refractivity contribution < 1.29 is 4.42 Å². The van der Waals surface area contributed by atoms with Crippen LogP contribution in [0.3, 0.4) is 0 Å². The second-order valence-corrected chi connectivity index (χ2v) is 35.1. The molecule has 2 aliphatic heterocycles. The van der Waals surface area contributed by atoms with Crippen molar-refractivity contribution in [1.29, 1.82) is 0 Å². The van der Waals surface area contributed by atoms with E-state index in [4.69, 9.17) is 4.42 Å². The fourth-order valence-corrected chi connectivity index (χ4v) is 17.4. The lowest BCUT2D eigenvalue weighted by Gasteiger charge is -2.48. The molecule has 0 N–H and O–H groups in total. The van der Waals surface area contributed by atoms with Crippen LogP contribution in [0.2, 0.25) is 0 Å². The molecule has 3 aliphatic carbocycles. The van der Waals surface area contributed by atoms with E-state index in [2.05, 4.69) is 311 Å². The fraction of sp³-hybridized carbons (Fsp3) is 0.386. The third kappa shape index (κ3) is 9.71. The lowest BCUT2D eigenvalue weighted by molar-refractivity contribution is 0.332. The van der Waals surface area contributed by atoms with Crippen LogP contribution in [0.5, 0.6) is 0 Å². The van der Waals surface area contributed by atoms with Crippen molar-refractivity contribution >= 4 is 85.2 Å². The minimum Gasteiger partial charge on any atom is -0.456 e. The van der Waals surface area contributed by atoms with Crippen LogP contribution in [0.4, 0.5) is 45.5 Å². The molecular formula is C88H98BN3O. The molecule has 0 fully saturated rings. The third-order valence-corrected chi connectivity index (χ3v) is 23.8. The highest BCUT2D eigenvalue weighted by atomic mass is 16.3. The molecule has 474 valence electrons. The quantitative estimate of drug-likeness (QED) is 0.155. The lowest BCUT2D eigenvalue weighted by Crippen LogP contribution is -2.61. The van der Waals surface area contributed by atoms with E-state index in [0.717, 1.165) is 66.8 Å². The van der Waals surface area contributed by atoms with E-state index in [0.29, 0.717) is 0 Å². The first-order valence-corrected chi connectivity index (χ1v) is 35.0. The van der Waals surface area contributed by atoms with Gasteiger partial charge in [0.05, 0.1) is 0 Å². The van der Waals surface area contributed by atoms with E-state index in [1.807, 2.05) is 0 Å². The molecular weight excluding hydrogens is 1130 g/mol. The molecule has 0 atom stereocenters. The summed E-state index contributed by atoms with van der Waals surface area (Å²) in [5, 5.41) is 2.38. The number of hydrogen-bond donors (Lipinski definition) is 0. The maximum absolute atomic E-state index is 7.40. The predicted octanol–water partition coefficient (Wildman–Crippen LogP) is 23.7. The fourth-order valence-electron chi connectivity index (χ4n) is 17.4. The van der Waals surface area contributed by atoms with E-state index in [1.54, 1.807) is 0 Å². The van der Waals surface area contributed by atoms with Crippen LogP contribution in [-0.2, 0) is 43.3 Å². The Morgan fingerprint density at radius 3 is 1.45 bits per heavy atom. The van der Waals surface area contributed by atoms with Gasteiger partial charge in [-0.1, -0.05) is 191 Å². The average molecular weight is 1220 g/mol. The van der Waals surface area contributed by atoms with E-state index in [1.165, 1.54) is 128 Å². The Morgan fingerprint density at radius 1 is 0.387 bits per heavy atom. The zero-order valence-electron chi connectivity index (χ0n) is 59.6. The molecule has 0 saturated carbocycles. The van der Waals surface area contributed by atoms with Gasteiger partial charge in [-0.2, -0.15) is 0 Å². The zero-order chi connectivity index (χ0) is 65.8. The average Bonchev–Trinajstić information content (AvgIpc) is 1.47. The normalized spacial score (nSPS) is 18.5. The molecule has 0 spiro atoms. The SMILES string of the molecule is Cc1ccccc1-c1cc2c3c(c1)N(c1cc4c(cc1C)C(C)(C)CCC4(C)C)c1cc4oc5cc6c(cc5c4cc1B3N(c1ccc3c(c1)C(C)(C)CCC3(C)C)c1ccc(N(c3ccc(C(C)(C)C)cc3)c3ccc(C(C)(C)C)cc3)cc1-2)C(C)(C)CCC6(C)C. The van der Waals surface area contributed by atoms with E-state index in [9.17, 15) is 0 Å². The molecule has 9 aromatic carbocycles. The van der Waals surface area contributed by atoms with Crippen LogP contribution < -0.4 is 25.5 Å². The first-order valence-electron chi connectivity index (χ1n) is 35.0. The van der Waals surface area contributed by atoms with Gasteiger partial charge in [0.2, 0.25) is 0 Å². The first-order chi connectivity index (χ1) is 43.6. The summed E-state index contributed by atoms with van der Waals surface area (Å²) in [5.41, 5.74) is 32.9. The second-order valence-electron chi connectivity index (χ2n) is 35.1. The van der Waals surface area contributed by atoms with Gasteiger partial charge in [0.15, 0.2) is 0 Å². The largest absolute Gasteiger partial charge is 0.456 e. The number of anilines is 8. The Kier molecular flexibility index (Phi) is 13.5. The Hall–Kier alpha value is -7.76. The summed E-state index contributed by atoms with van der Waals surface area (Å²) in [5.74, 6) is 0. The van der Waals surface area contributed by atoms with Crippen molar-refractivity contribution in [2.75, 3.05) is 14.6 Å². The van der Waals surface area contributed by atoms with Gasteiger partial charge in [-0.15, -0.1) is 0 Å². The van der Waals surface area contributed by atoms with Crippen LogP contribution in [-0.4, -0.2) is 6.85 Å². The maximum Gasteiger partial charge on any atom is 0.333 e. The summed E-state index contributed by atoms with van der Waals surface area (Å²) in [7, 11) is 0. The van der Waals surface area contributed by atoms with Gasteiger partial charge in [-0.05, 0) is 264 Å². The highest BCUT2D eigenvalue weighted by molar-refractivity contribution is 6.93. The summed E-state index contributed by atoms with van der Waals surface area (Å²) in [6.45, 7) is 47.9. The van der Waals surface area contributed by atoms with Crippen molar-refractivity contribution in [3.63, 3.8) is 0 Å². The summed E-state index contributed by atoms with van der Waals surface area (Å²) in [4.78, 5) is 7.98. The lowest BCUT2D eigenvalue weighted by atomic mass is 9.43. The van der Waals surface area contributed by atoms with Crippen LogP contribution >= 0.6 is 0 Å². The van der Waals surface area contributed by atoms with Gasteiger partial charge < -0.3 is 19.0 Å². The van der Waals surface area contributed by atoms with Gasteiger partial charge in [-0.25, -0.2) is 0 Å².